The number of aryl methyl sites for hydroxylation is 1. The van der Waals surface area contributed by atoms with E-state index in [9.17, 15) is 0 Å². The van der Waals surface area contributed by atoms with Crippen LogP contribution in [-0.4, -0.2) is 16.5 Å². The lowest BCUT2D eigenvalue weighted by atomic mass is 10.2. The van der Waals surface area contributed by atoms with E-state index in [1.807, 2.05) is 36.6 Å². The number of thiophene rings is 1. The van der Waals surface area contributed by atoms with Crippen LogP contribution in [0.25, 0.3) is 21.6 Å². The van der Waals surface area contributed by atoms with E-state index in [0.29, 0.717) is 5.82 Å². The molecule has 0 aliphatic carbocycles. The van der Waals surface area contributed by atoms with Crippen LogP contribution in [-0.2, 0) is 0 Å². The third kappa shape index (κ3) is 2.74. The number of anilines is 1. The lowest BCUT2D eigenvalue weighted by Gasteiger charge is -2.09. The van der Waals surface area contributed by atoms with Gasteiger partial charge in [0.2, 0.25) is 0 Å². The molecule has 0 bridgehead atoms. The molecule has 5 heteroatoms. The van der Waals surface area contributed by atoms with Crippen molar-refractivity contribution in [3.63, 3.8) is 0 Å². The molecular weight excluding hydrogens is 302 g/mol. The maximum absolute atomic E-state index is 6.36. The number of rotatable bonds is 4. The number of halogens is 1. The van der Waals surface area contributed by atoms with Crippen LogP contribution in [0.2, 0.25) is 5.02 Å². The van der Waals surface area contributed by atoms with Gasteiger partial charge < -0.3 is 5.32 Å². The van der Waals surface area contributed by atoms with E-state index in [4.69, 9.17) is 11.6 Å². The van der Waals surface area contributed by atoms with Gasteiger partial charge in [-0.1, -0.05) is 30.7 Å². The second kappa shape index (κ2) is 6.00. The molecule has 0 saturated carbocycles. The van der Waals surface area contributed by atoms with Crippen molar-refractivity contribution in [2.75, 3.05) is 11.9 Å². The number of hydrogen-bond donors (Lipinski definition) is 1. The minimum Gasteiger partial charge on any atom is -0.369 e. The maximum atomic E-state index is 6.36. The van der Waals surface area contributed by atoms with Crippen molar-refractivity contribution in [1.29, 1.82) is 0 Å². The molecule has 2 aromatic heterocycles. The van der Waals surface area contributed by atoms with Crippen molar-refractivity contribution in [1.82, 2.24) is 9.97 Å². The highest BCUT2D eigenvalue weighted by Gasteiger charge is 2.14. The molecule has 1 N–H and O–H groups in total. The molecule has 21 heavy (non-hydrogen) atoms. The minimum atomic E-state index is 0.690. The van der Waals surface area contributed by atoms with Crippen LogP contribution in [0.1, 0.15) is 18.9 Å². The summed E-state index contributed by atoms with van der Waals surface area (Å²) in [6.07, 6.45) is 1.05. The molecule has 3 nitrogen and oxygen atoms in total. The number of hydrogen-bond acceptors (Lipinski definition) is 4. The smallest absolute Gasteiger partial charge is 0.173 e. The first-order valence-electron chi connectivity index (χ1n) is 6.95. The lowest BCUT2D eigenvalue weighted by Crippen LogP contribution is -2.04. The van der Waals surface area contributed by atoms with Gasteiger partial charge in [-0.15, -0.1) is 11.3 Å². The standard InChI is InChI=1S/C16H16ClN3S/c1-3-8-18-15-11-6-4-5-7-12(11)19-16(20-15)14-13(17)10(2)9-21-14/h4-7,9H,3,8H2,1-2H3,(H,18,19,20). The molecule has 0 spiro atoms. The summed E-state index contributed by atoms with van der Waals surface area (Å²) in [6.45, 7) is 5.02. The molecular formula is C16H16ClN3S. The largest absolute Gasteiger partial charge is 0.369 e. The van der Waals surface area contributed by atoms with Gasteiger partial charge in [0, 0.05) is 11.9 Å². The summed E-state index contributed by atoms with van der Waals surface area (Å²) in [5, 5.41) is 7.21. The molecule has 0 radical (unpaired) electrons. The Hall–Kier alpha value is -1.65. The normalized spacial score (nSPS) is 11.0. The zero-order chi connectivity index (χ0) is 14.8. The third-order valence-electron chi connectivity index (χ3n) is 3.25. The van der Waals surface area contributed by atoms with Gasteiger partial charge in [-0.05, 0) is 36.4 Å². The molecule has 3 rings (SSSR count). The number of benzene rings is 1. The van der Waals surface area contributed by atoms with Crippen LogP contribution in [0.3, 0.4) is 0 Å². The summed E-state index contributed by atoms with van der Waals surface area (Å²) in [5.74, 6) is 1.56. The molecule has 0 saturated heterocycles. The Morgan fingerprint density at radius 3 is 2.76 bits per heavy atom. The van der Waals surface area contributed by atoms with Crippen LogP contribution < -0.4 is 5.32 Å². The van der Waals surface area contributed by atoms with E-state index in [0.717, 1.165) is 45.1 Å². The van der Waals surface area contributed by atoms with E-state index in [1.165, 1.54) is 0 Å². The molecule has 3 aromatic rings. The average Bonchev–Trinajstić information content (AvgIpc) is 2.84. The molecule has 0 unspecified atom stereocenters. The van der Waals surface area contributed by atoms with Crippen LogP contribution in [0, 0.1) is 6.92 Å². The van der Waals surface area contributed by atoms with E-state index < -0.39 is 0 Å². The molecule has 108 valence electrons. The van der Waals surface area contributed by atoms with Gasteiger partial charge in [0.1, 0.15) is 5.82 Å². The van der Waals surface area contributed by atoms with Crippen molar-refractivity contribution in [2.24, 2.45) is 0 Å². The molecule has 0 amide bonds. The number of fused-ring (bicyclic) bond motifs is 1. The summed E-state index contributed by atoms with van der Waals surface area (Å²) in [4.78, 5) is 10.3. The monoisotopic (exact) mass is 317 g/mol. The molecule has 0 fully saturated rings. The predicted molar refractivity (Wildman–Crippen MR) is 91.4 cm³/mol. The Labute approximate surface area is 133 Å². The number of nitrogens with zero attached hydrogens (tertiary/aromatic N) is 2. The summed E-state index contributed by atoms with van der Waals surface area (Å²) in [6, 6.07) is 8.04. The molecule has 0 aliphatic rings. The van der Waals surface area contributed by atoms with Gasteiger partial charge in [0.25, 0.3) is 0 Å². The van der Waals surface area contributed by atoms with Crippen LogP contribution in [0.4, 0.5) is 5.82 Å². The van der Waals surface area contributed by atoms with E-state index in [2.05, 4.69) is 22.2 Å². The minimum absolute atomic E-state index is 0.690. The summed E-state index contributed by atoms with van der Waals surface area (Å²) in [7, 11) is 0. The van der Waals surface area contributed by atoms with Crippen LogP contribution >= 0.6 is 22.9 Å². The second-order valence-corrected chi connectivity index (χ2v) is 6.16. The quantitative estimate of drug-likeness (QED) is 0.723. The zero-order valence-electron chi connectivity index (χ0n) is 12.0. The summed E-state index contributed by atoms with van der Waals surface area (Å²) < 4.78 is 0. The second-order valence-electron chi connectivity index (χ2n) is 4.90. The third-order valence-corrected chi connectivity index (χ3v) is 4.94. The SMILES string of the molecule is CCCNc1nc(-c2scc(C)c2Cl)nc2ccccc12. The van der Waals surface area contributed by atoms with Gasteiger partial charge in [0.15, 0.2) is 5.82 Å². The van der Waals surface area contributed by atoms with Gasteiger partial charge in [0.05, 0.1) is 15.4 Å². The molecule has 1 aromatic carbocycles. The Kier molecular flexibility index (Phi) is 4.08. The average molecular weight is 318 g/mol. The number of para-hydroxylation sites is 1. The summed E-state index contributed by atoms with van der Waals surface area (Å²) >= 11 is 7.95. The fourth-order valence-corrected chi connectivity index (χ4v) is 3.35. The van der Waals surface area contributed by atoms with E-state index in [1.54, 1.807) is 11.3 Å². The van der Waals surface area contributed by atoms with Crippen molar-refractivity contribution in [2.45, 2.75) is 20.3 Å². The highest BCUT2D eigenvalue weighted by molar-refractivity contribution is 7.14. The molecule has 0 aliphatic heterocycles. The summed E-state index contributed by atoms with van der Waals surface area (Å²) in [5.41, 5.74) is 2.00. The van der Waals surface area contributed by atoms with Gasteiger partial charge >= 0.3 is 0 Å². The van der Waals surface area contributed by atoms with Crippen molar-refractivity contribution in [3.8, 4) is 10.7 Å². The first-order valence-corrected chi connectivity index (χ1v) is 8.21. The fraction of sp³-hybridized carbons (Fsp3) is 0.250. The Morgan fingerprint density at radius 2 is 2.05 bits per heavy atom. The number of aromatic nitrogens is 2. The van der Waals surface area contributed by atoms with Crippen LogP contribution in [0.5, 0.6) is 0 Å². The van der Waals surface area contributed by atoms with Gasteiger partial charge in [-0.3, -0.25) is 0 Å². The molecule has 0 atom stereocenters. The highest BCUT2D eigenvalue weighted by atomic mass is 35.5. The van der Waals surface area contributed by atoms with Gasteiger partial charge in [-0.25, -0.2) is 9.97 Å². The van der Waals surface area contributed by atoms with E-state index in [-0.39, 0.29) is 0 Å². The van der Waals surface area contributed by atoms with Gasteiger partial charge in [-0.2, -0.15) is 0 Å². The topological polar surface area (TPSA) is 37.8 Å². The zero-order valence-corrected chi connectivity index (χ0v) is 13.6. The maximum Gasteiger partial charge on any atom is 0.173 e. The Morgan fingerprint density at radius 1 is 1.24 bits per heavy atom. The number of nitrogens with one attached hydrogen (secondary N) is 1. The van der Waals surface area contributed by atoms with Crippen molar-refractivity contribution < 1.29 is 0 Å². The first kappa shape index (κ1) is 14.3. The lowest BCUT2D eigenvalue weighted by molar-refractivity contribution is 0.970. The van der Waals surface area contributed by atoms with Crippen LogP contribution in [0.15, 0.2) is 29.6 Å². The Bertz CT molecular complexity index is 782. The Balaban J connectivity index is 2.17. The van der Waals surface area contributed by atoms with Crippen molar-refractivity contribution in [3.05, 3.63) is 40.2 Å². The predicted octanol–water partition coefficient (Wildman–Crippen LogP) is 5.14. The van der Waals surface area contributed by atoms with E-state index >= 15 is 0 Å². The van der Waals surface area contributed by atoms with Crippen molar-refractivity contribution >= 4 is 39.7 Å². The fourth-order valence-electron chi connectivity index (χ4n) is 2.14. The molecule has 2 heterocycles. The first-order chi connectivity index (χ1) is 10.2. The highest BCUT2D eigenvalue weighted by Crippen LogP contribution is 2.36.